The lowest BCUT2D eigenvalue weighted by Crippen LogP contribution is -1.99. The Balaban J connectivity index is 1.03. The number of aromatic nitrogens is 4. The molecule has 0 unspecified atom stereocenters. The summed E-state index contributed by atoms with van der Waals surface area (Å²) in [5.74, 6) is 0.705. The second-order valence-electron chi connectivity index (χ2n) is 13.8. The van der Waals surface area contributed by atoms with Gasteiger partial charge in [-0.25, -0.2) is 9.97 Å². The minimum atomic E-state index is 0.705. The lowest BCUT2D eigenvalue weighted by atomic mass is 9.96. The summed E-state index contributed by atoms with van der Waals surface area (Å²) >= 11 is 0. The van der Waals surface area contributed by atoms with E-state index in [-0.39, 0.29) is 0 Å². The average molecular weight is 689 g/mol. The van der Waals surface area contributed by atoms with Crippen LogP contribution in [0.2, 0.25) is 0 Å². The first kappa shape index (κ1) is 30.3. The molecule has 0 aliphatic rings. The van der Waals surface area contributed by atoms with E-state index in [1.807, 2.05) is 6.07 Å². The molecule has 11 aromatic rings. The fourth-order valence-corrected chi connectivity index (χ4v) is 8.21. The Hall–Kier alpha value is -7.30. The van der Waals surface area contributed by atoms with Crippen LogP contribution in [0.1, 0.15) is 0 Å². The van der Waals surface area contributed by atoms with Crippen molar-refractivity contribution in [2.24, 2.45) is 0 Å². The Morgan fingerprint density at radius 2 is 1.06 bits per heavy atom. The van der Waals surface area contributed by atoms with Gasteiger partial charge >= 0.3 is 0 Å². The molecule has 252 valence electrons. The Labute approximate surface area is 311 Å². The molecule has 8 aromatic carbocycles. The number of nitrogens with zero attached hydrogens (tertiary/aromatic N) is 4. The van der Waals surface area contributed by atoms with Crippen molar-refractivity contribution in [3.63, 3.8) is 0 Å². The zero-order chi connectivity index (χ0) is 35.6. The number of para-hydroxylation sites is 3. The van der Waals surface area contributed by atoms with E-state index in [4.69, 9.17) is 9.97 Å². The van der Waals surface area contributed by atoms with Gasteiger partial charge in [-0.3, -0.25) is 0 Å². The molecule has 0 atom stereocenters. The second kappa shape index (κ2) is 12.1. The summed E-state index contributed by atoms with van der Waals surface area (Å²) in [5, 5.41) is 7.19. The minimum Gasteiger partial charge on any atom is -0.315 e. The van der Waals surface area contributed by atoms with E-state index in [1.165, 1.54) is 54.6 Å². The maximum Gasteiger partial charge on any atom is 0.160 e. The van der Waals surface area contributed by atoms with Gasteiger partial charge in [-0.15, -0.1) is 0 Å². The zero-order valence-electron chi connectivity index (χ0n) is 29.3. The zero-order valence-corrected chi connectivity index (χ0v) is 29.3. The topological polar surface area (TPSA) is 35.6 Å². The van der Waals surface area contributed by atoms with Crippen molar-refractivity contribution in [3.05, 3.63) is 194 Å². The molecule has 0 saturated carbocycles. The van der Waals surface area contributed by atoms with E-state index in [0.29, 0.717) is 5.82 Å². The summed E-state index contributed by atoms with van der Waals surface area (Å²) < 4.78 is 4.71. The first-order chi connectivity index (χ1) is 26.8. The highest BCUT2D eigenvalue weighted by molar-refractivity contribution is 6.18. The fraction of sp³-hybridized carbons (Fsp3) is 0. The van der Waals surface area contributed by atoms with Crippen molar-refractivity contribution >= 4 is 54.4 Å². The predicted octanol–water partition coefficient (Wildman–Crippen LogP) is 12.8. The highest BCUT2D eigenvalue weighted by Gasteiger charge is 2.19. The first-order valence-electron chi connectivity index (χ1n) is 18.3. The number of rotatable bonds is 5. The quantitative estimate of drug-likeness (QED) is 0.180. The maximum atomic E-state index is 5.24. The summed E-state index contributed by atoms with van der Waals surface area (Å²) in [6.45, 7) is 0. The SMILES string of the molecule is c1ccc(-n2ccc3ccc4c5ccccc5n(-c5ccc(-c6nc(-c7ccc(-c8cccc9ccccc89)cc7)c7ccccc7n6)cc5)c4c32)cc1. The van der Waals surface area contributed by atoms with Crippen LogP contribution in [0.25, 0.3) is 99.5 Å². The molecule has 0 aliphatic carbocycles. The van der Waals surface area contributed by atoms with E-state index in [9.17, 15) is 0 Å². The lowest BCUT2D eigenvalue weighted by molar-refractivity contribution is 1.11. The molecule has 0 radical (unpaired) electrons. The first-order valence-corrected chi connectivity index (χ1v) is 18.3. The summed E-state index contributed by atoms with van der Waals surface area (Å²) in [6.07, 6.45) is 2.18. The largest absolute Gasteiger partial charge is 0.315 e. The minimum absolute atomic E-state index is 0.705. The fourth-order valence-electron chi connectivity index (χ4n) is 8.21. The predicted molar refractivity (Wildman–Crippen MR) is 225 cm³/mol. The number of hydrogen-bond acceptors (Lipinski definition) is 2. The summed E-state index contributed by atoms with van der Waals surface area (Å²) in [7, 11) is 0. The van der Waals surface area contributed by atoms with Crippen LogP contribution in [0.3, 0.4) is 0 Å². The van der Waals surface area contributed by atoms with Crippen LogP contribution < -0.4 is 0 Å². The Kier molecular flexibility index (Phi) is 6.82. The van der Waals surface area contributed by atoms with Crippen LogP contribution in [0, 0.1) is 0 Å². The highest BCUT2D eigenvalue weighted by Crippen LogP contribution is 2.39. The normalized spacial score (nSPS) is 11.7. The van der Waals surface area contributed by atoms with Gasteiger partial charge in [0.05, 0.1) is 27.8 Å². The van der Waals surface area contributed by atoms with Crippen LogP contribution in [0.5, 0.6) is 0 Å². The molecule has 0 saturated heterocycles. The van der Waals surface area contributed by atoms with Crippen LogP contribution in [0.15, 0.2) is 194 Å². The van der Waals surface area contributed by atoms with Crippen molar-refractivity contribution in [2.75, 3.05) is 0 Å². The molecular weight excluding hydrogens is 657 g/mol. The summed E-state index contributed by atoms with van der Waals surface area (Å²) in [5.41, 5.74) is 12.1. The molecule has 0 spiro atoms. The van der Waals surface area contributed by atoms with E-state index >= 15 is 0 Å². The Morgan fingerprint density at radius 1 is 0.370 bits per heavy atom. The van der Waals surface area contributed by atoms with Crippen molar-refractivity contribution in [3.8, 4) is 45.1 Å². The van der Waals surface area contributed by atoms with Gasteiger partial charge in [0.25, 0.3) is 0 Å². The number of hydrogen-bond donors (Lipinski definition) is 0. The van der Waals surface area contributed by atoms with Gasteiger partial charge in [0.15, 0.2) is 5.82 Å². The van der Waals surface area contributed by atoms with E-state index in [1.54, 1.807) is 0 Å². The van der Waals surface area contributed by atoms with Crippen LogP contribution in [0.4, 0.5) is 0 Å². The number of benzene rings is 8. The van der Waals surface area contributed by atoms with Crippen LogP contribution >= 0.6 is 0 Å². The Morgan fingerprint density at radius 3 is 1.91 bits per heavy atom. The molecule has 0 amide bonds. The molecule has 11 rings (SSSR count). The van der Waals surface area contributed by atoms with E-state index < -0.39 is 0 Å². The van der Waals surface area contributed by atoms with Crippen molar-refractivity contribution in [1.29, 1.82) is 0 Å². The molecule has 0 fully saturated rings. The Bertz CT molecular complexity index is 3180. The third-order valence-corrected chi connectivity index (χ3v) is 10.8. The van der Waals surface area contributed by atoms with E-state index in [2.05, 4.69) is 197 Å². The molecule has 3 aromatic heterocycles. The van der Waals surface area contributed by atoms with E-state index in [0.717, 1.165) is 39.1 Å². The lowest BCUT2D eigenvalue weighted by Gasteiger charge is -2.13. The summed E-state index contributed by atoms with van der Waals surface area (Å²) in [4.78, 5) is 10.3. The molecule has 3 heterocycles. The average Bonchev–Trinajstić information content (AvgIpc) is 3.83. The molecule has 4 heteroatoms. The molecule has 0 aliphatic heterocycles. The van der Waals surface area contributed by atoms with Crippen molar-refractivity contribution in [2.45, 2.75) is 0 Å². The second-order valence-corrected chi connectivity index (χ2v) is 13.8. The van der Waals surface area contributed by atoms with Crippen LogP contribution in [-0.4, -0.2) is 19.1 Å². The van der Waals surface area contributed by atoms with Crippen molar-refractivity contribution in [1.82, 2.24) is 19.1 Å². The van der Waals surface area contributed by atoms with Gasteiger partial charge < -0.3 is 9.13 Å². The molecular formula is C50H32N4. The molecule has 4 nitrogen and oxygen atoms in total. The van der Waals surface area contributed by atoms with Gasteiger partial charge in [-0.1, -0.05) is 133 Å². The molecule has 0 bridgehead atoms. The van der Waals surface area contributed by atoms with Gasteiger partial charge in [0, 0.05) is 50.2 Å². The van der Waals surface area contributed by atoms with Gasteiger partial charge in [0.2, 0.25) is 0 Å². The summed E-state index contributed by atoms with van der Waals surface area (Å²) in [6, 6.07) is 66.8. The number of fused-ring (bicyclic) bond motifs is 7. The van der Waals surface area contributed by atoms with Gasteiger partial charge in [-0.2, -0.15) is 0 Å². The van der Waals surface area contributed by atoms with Gasteiger partial charge in [-0.05, 0) is 76.5 Å². The monoisotopic (exact) mass is 688 g/mol. The standard InChI is InChI=1S/C50H32N4/c1-2-13-38(14-3-1)53-32-31-36-27-30-43-42-16-7-9-20-46(42)54(49(43)48(36)53)39-28-25-37(26-29-39)50-51-45-19-8-6-17-44(45)47(52-50)35-23-21-34(22-24-35)41-18-10-12-33-11-4-5-15-40(33)41/h1-32H. The third kappa shape index (κ3) is 4.78. The molecule has 54 heavy (non-hydrogen) atoms. The van der Waals surface area contributed by atoms with Crippen molar-refractivity contribution < 1.29 is 0 Å². The highest BCUT2D eigenvalue weighted by atomic mass is 15.0. The van der Waals surface area contributed by atoms with Gasteiger partial charge in [0.1, 0.15) is 0 Å². The maximum absolute atomic E-state index is 5.24. The smallest absolute Gasteiger partial charge is 0.160 e. The molecule has 0 N–H and O–H groups in total. The van der Waals surface area contributed by atoms with Crippen LogP contribution in [-0.2, 0) is 0 Å². The third-order valence-electron chi connectivity index (χ3n) is 10.8.